The van der Waals surface area contributed by atoms with Gasteiger partial charge in [-0.05, 0) is 13.8 Å². The van der Waals surface area contributed by atoms with Gasteiger partial charge in [0.15, 0.2) is 5.85 Å². The van der Waals surface area contributed by atoms with Crippen LogP contribution in [0.1, 0.15) is 13.8 Å². The number of aliphatic hydroxyl groups is 1. The smallest absolute Gasteiger partial charge is 0.383 e. The number of hydrogen-bond acceptors (Lipinski definition) is 5. The summed E-state index contributed by atoms with van der Waals surface area (Å²) in [6, 6.07) is 0. The topological polar surface area (TPSA) is 85.2 Å². The van der Waals surface area contributed by atoms with Crippen molar-refractivity contribution in [2.24, 2.45) is 0 Å². The van der Waals surface area contributed by atoms with Gasteiger partial charge in [0.1, 0.15) is 6.61 Å². The predicted molar refractivity (Wildman–Crippen MR) is 45.0 cm³/mol. The normalized spacial score (nSPS) is 18.2. The molecule has 2 unspecified atom stereocenters. The van der Waals surface area contributed by atoms with Crippen LogP contribution in [0.15, 0.2) is 0 Å². The summed E-state index contributed by atoms with van der Waals surface area (Å²) in [6.45, 7) is 3.00. The minimum absolute atomic E-state index is 0.149. The Morgan fingerprint density at radius 1 is 1.54 bits per heavy atom. The van der Waals surface area contributed by atoms with E-state index in [0.717, 1.165) is 0 Å². The fourth-order valence-electron chi connectivity index (χ4n) is 0.546. The van der Waals surface area contributed by atoms with Gasteiger partial charge in [-0.15, -0.1) is 4.67 Å². The number of aliphatic hydroxyl groups excluding tert-OH is 1. The van der Waals surface area contributed by atoms with E-state index in [1.807, 2.05) is 0 Å². The van der Waals surface area contributed by atoms with Crippen molar-refractivity contribution in [2.45, 2.75) is 19.7 Å². The first-order chi connectivity index (χ1) is 6.04. The molecule has 0 saturated heterocycles. The summed E-state index contributed by atoms with van der Waals surface area (Å²) in [5.74, 6) is -0.934. The fourth-order valence-corrected chi connectivity index (χ4v) is 1.23. The van der Waals surface area contributed by atoms with Crippen molar-refractivity contribution in [2.75, 3.05) is 19.8 Å². The Morgan fingerprint density at radius 2 is 2.15 bits per heavy atom. The van der Waals surface area contributed by atoms with Crippen LogP contribution in [-0.2, 0) is 18.9 Å². The SMILES string of the molecule is CCOC(C)P(=O)(O)OOCCO. The molecule has 0 saturated carbocycles. The van der Waals surface area contributed by atoms with Crippen molar-refractivity contribution in [3.8, 4) is 0 Å². The molecule has 0 heterocycles. The maximum absolute atomic E-state index is 11.2. The molecule has 13 heavy (non-hydrogen) atoms. The van der Waals surface area contributed by atoms with E-state index in [1.54, 1.807) is 6.92 Å². The van der Waals surface area contributed by atoms with Crippen LogP contribution in [0, 0.1) is 0 Å². The largest absolute Gasteiger partial charge is 0.394 e. The van der Waals surface area contributed by atoms with Gasteiger partial charge in [-0.25, -0.2) is 4.89 Å². The van der Waals surface area contributed by atoms with Crippen LogP contribution in [0.3, 0.4) is 0 Å². The van der Waals surface area contributed by atoms with Crippen LogP contribution in [0.2, 0.25) is 0 Å². The summed E-state index contributed by atoms with van der Waals surface area (Å²) in [5, 5.41) is 8.30. The standard InChI is InChI=1S/C6H15O6P/c1-3-10-6(2)13(8,9)12-11-5-4-7/h6-7H,3-5H2,1-2H3,(H,8,9). The maximum Gasteiger partial charge on any atom is 0.383 e. The molecule has 0 fully saturated rings. The summed E-state index contributed by atoms with van der Waals surface area (Å²) in [5.41, 5.74) is 0. The minimum Gasteiger partial charge on any atom is -0.394 e. The first kappa shape index (κ1) is 13.0. The molecule has 0 aromatic heterocycles. The van der Waals surface area contributed by atoms with E-state index in [4.69, 9.17) is 14.7 Å². The Hall–Kier alpha value is 0.0300. The van der Waals surface area contributed by atoms with Crippen molar-refractivity contribution in [3.63, 3.8) is 0 Å². The lowest BCUT2D eigenvalue weighted by Crippen LogP contribution is -2.11. The Kier molecular flexibility index (Phi) is 6.49. The molecule has 0 rings (SSSR count). The van der Waals surface area contributed by atoms with Gasteiger partial charge in [0.2, 0.25) is 0 Å². The van der Waals surface area contributed by atoms with Crippen LogP contribution in [0.5, 0.6) is 0 Å². The summed E-state index contributed by atoms with van der Waals surface area (Å²) in [4.78, 5) is 13.4. The van der Waals surface area contributed by atoms with Crippen molar-refractivity contribution >= 4 is 7.60 Å². The van der Waals surface area contributed by atoms with E-state index in [0.29, 0.717) is 6.61 Å². The molecule has 0 radical (unpaired) electrons. The zero-order chi connectivity index (χ0) is 10.3. The highest BCUT2D eigenvalue weighted by Crippen LogP contribution is 2.47. The van der Waals surface area contributed by atoms with E-state index < -0.39 is 13.4 Å². The third-order valence-corrected chi connectivity index (χ3v) is 2.59. The average Bonchev–Trinajstić information content (AvgIpc) is 2.05. The Labute approximate surface area is 76.9 Å². The molecule has 0 aliphatic rings. The third kappa shape index (κ3) is 5.36. The van der Waals surface area contributed by atoms with Gasteiger partial charge in [-0.3, -0.25) is 4.57 Å². The molecule has 7 heteroatoms. The van der Waals surface area contributed by atoms with Gasteiger partial charge in [0.25, 0.3) is 0 Å². The monoisotopic (exact) mass is 214 g/mol. The fraction of sp³-hybridized carbons (Fsp3) is 1.00. The van der Waals surface area contributed by atoms with Gasteiger partial charge >= 0.3 is 7.60 Å². The van der Waals surface area contributed by atoms with Crippen molar-refractivity contribution in [3.05, 3.63) is 0 Å². The lowest BCUT2D eigenvalue weighted by Gasteiger charge is -2.17. The highest BCUT2D eigenvalue weighted by atomic mass is 31.2. The molecule has 80 valence electrons. The summed E-state index contributed by atoms with van der Waals surface area (Å²) < 4.78 is 20.2. The summed E-state index contributed by atoms with van der Waals surface area (Å²) in [6.07, 6.45) is 0. The first-order valence-corrected chi connectivity index (χ1v) is 5.55. The van der Waals surface area contributed by atoms with E-state index >= 15 is 0 Å². The summed E-state index contributed by atoms with van der Waals surface area (Å²) >= 11 is 0. The predicted octanol–water partition coefficient (Wildman–Crippen LogP) is 0.495. The summed E-state index contributed by atoms with van der Waals surface area (Å²) in [7, 11) is -3.89. The molecule has 0 bridgehead atoms. The van der Waals surface area contributed by atoms with E-state index in [2.05, 4.69) is 9.56 Å². The maximum atomic E-state index is 11.2. The first-order valence-electron chi connectivity index (χ1n) is 3.90. The van der Waals surface area contributed by atoms with Crippen LogP contribution in [0.25, 0.3) is 0 Å². The number of hydrogen-bond donors (Lipinski definition) is 2. The highest BCUT2D eigenvalue weighted by molar-refractivity contribution is 7.53. The third-order valence-electron chi connectivity index (χ3n) is 1.20. The average molecular weight is 214 g/mol. The van der Waals surface area contributed by atoms with Gasteiger partial charge in [0.05, 0.1) is 6.61 Å². The second kappa shape index (κ2) is 6.48. The Bertz CT molecular complexity index is 173. The molecule has 0 amide bonds. The molecule has 0 spiro atoms. The number of ether oxygens (including phenoxy) is 1. The molecule has 2 N–H and O–H groups in total. The Balaban J connectivity index is 3.84. The van der Waals surface area contributed by atoms with Crippen LogP contribution in [-0.4, -0.2) is 35.7 Å². The van der Waals surface area contributed by atoms with E-state index in [-0.39, 0.29) is 13.2 Å². The molecular formula is C6H15O6P. The zero-order valence-electron chi connectivity index (χ0n) is 7.67. The van der Waals surface area contributed by atoms with Gasteiger partial charge in [-0.2, -0.15) is 0 Å². The van der Waals surface area contributed by atoms with Crippen LogP contribution >= 0.6 is 7.60 Å². The highest BCUT2D eigenvalue weighted by Gasteiger charge is 2.30. The second-order valence-corrected chi connectivity index (χ2v) is 4.24. The minimum atomic E-state index is -3.89. The van der Waals surface area contributed by atoms with Crippen molar-refractivity contribution in [1.82, 2.24) is 0 Å². The van der Waals surface area contributed by atoms with E-state index in [1.165, 1.54) is 6.92 Å². The lowest BCUT2D eigenvalue weighted by molar-refractivity contribution is -0.222. The second-order valence-electron chi connectivity index (χ2n) is 2.24. The molecule has 0 aliphatic carbocycles. The van der Waals surface area contributed by atoms with Crippen molar-refractivity contribution < 1.29 is 28.9 Å². The van der Waals surface area contributed by atoms with Gasteiger partial charge in [0, 0.05) is 6.61 Å². The zero-order valence-corrected chi connectivity index (χ0v) is 8.57. The molecule has 0 aromatic rings. The molecule has 2 atom stereocenters. The molecular weight excluding hydrogens is 199 g/mol. The van der Waals surface area contributed by atoms with Gasteiger partial charge in [-0.1, -0.05) is 0 Å². The molecule has 0 aliphatic heterocycles. The lowest BCUT2D eigenvalue weighted by atomic mass is 10.8. The van der Waals surface area contributed by atoms with Crippen LogP contribution in [0.4, 0.5) is 0 Å². The quantitative estimate of drug-likeness (QED) is 0.278. The molecule has 6 nitrogen and oxygen atoms in total. The Morgan fingerprint density at radius 3 is 2.62 bits per heavy atom. The molecule has 0 aromatic carbocycles. The number of rotatable bonds is 7. The van der Waals surface area contributed by atoms with Crippen LogP contribution < -0.4 is 0 Å². The van der Waals surface area contributed by atoms with Crippen molar-refractivity contribution in [1.29, 1.82) is 0 Å². The van der Waals surface area contributed by atoms with E-state index in [9.17, 15) is 4.57 Å². The van der Waals surface area contributed by atoms with Gasteiger partial charge < -0.3 is 14.7 Å².